The Morgan fingerprint density at radius 3 is 2.88 bits per heavy atom. The van der Waals surface area contributed by atoms with Gasteiger partial charge in [-0.1, -0.05) is 18.2 Å². The number of ether oxygens (including phenoxy) is 2. The average molecular weight is 237 g/mol. The molecule has 0 aromatic heterocycles. The van der Waals surface area contributed by atoms with Crippen molar-refractivity contribution in [1.29, 1.82) is 0 Å². The Balaban J connectivity index is 2.48. The minimum Gasteiger partial charge on any atom is -0.491 e. The lowest BCUT2D eigenvalue weighted by atomic mass is 10.1. The van der Waals surface area contributed by atoms with E-state index in [0.717, 1.165) is 24.3 Å². The summed E-state index contributed by atoms with van der Waals surface area (Å²) in [5.74, 6) is 1.37. The molecule has 0 spiro atoms. The first-order chi connectivity index (χ1) is 8.27. The third kappa shape index (κ3) is 4.78. The van der Waals surface area contributed by atoms with E-state index in [2.05, 4.69) is 11.9 Å². The van der Waals surface area contributed by atoms with Gasteiger partial charge in [-0.3, -0.25) is 0 Å². The molecule has 0 saturated carbocycles. The van der Waals surface area contributed by atoms with E-state index in [0.29, 0.717) is 12.5 Å². The molecule has 0 unspecified atom stereocenters. The van der Waals surface area contributed by atoms with Gasteiger partial charge in [0.2, 0.25) is 0 Å². The molecule has 1 aromatic carbocycles. The third-order valence-corrected chi connectivity index (χ3v) is 2.28. The molecule has 4 heteroatoms. The predicted octanol–water partition coefficient (Wildman–Crippen LogP) is 1.31. The first kappa shape index (κ1) is 13.4. The zero-order chi connectivity index (χ0) is 12.5. The van der Waals surface area contributed by atoms with Crippen LogP contribution in [-0.2, 0) is 11.2 Å². The smallest absolute Gasteiger partial charge is 0.178 e. The fourth-order valence-corrected chi connectivity index (χ4v) is 1.42. The van der Waals surface area contributed by atoms with Gasteiger partial charge in [-0.2, -0.15) is 0 Å². The molecule has 0 atom stereocenters. The summed E-state index contributed by atoms with van der Waals surface area (Å²) >= 11 is 0. The van der Waals surface area contributed by atoms with Crippen LogP contribution in [0.5, 0.6) is 5.75 Å². The van der Waals surface area contributed by atoms with Gasteiger partial charge in [-0.25, -0.2) is 0 Å². The van der Waals surface area contributed by atoms with E-state index in [1.807, 2.05) is 24.3 Å². The Morgan fingerprint density at radius 2 is 2.18 bits per heavy atom. The average Bonchev–Trinajstić information content (AvgIpc) is 2.37. The molecule has 0 aliphatic heterocycles. The molecule has 0 heterocycles. The SMILES string of the molecule is C=C(NCCc1ccccc1OCCO)OC. The lowest BCUT2D eigenvalue weighted by molar-refractivity contribution is 0.200. The molecule has 0 bridgehead atoms. The molecule has 0 fully saturated rings. The molecule has 0 aliphatic rings. The summed E-state index contributed by atoms with van der Waals surface area (Å²) in [7, 11) is 1.58. The maximum atomic E-state index is 8.73. The number of benzene rings is 1. The van der Waals surface area contributed by atoms with Gasteiger partial charge in [-0.15, -0.1) is 0 Å². The number of para-hydroxylation sites is 1. The quantitative estimate of drug-likeness (QED) is 0.669. The highest BCUT2D eigenvalue weighted by molar-refractivity contribution is 5.33. The number of hydrogen-bond acceptors (Lipinski definition) is 4. The van der Waals surface area contributed by atoms with Gasteiger partial charge in [0, 0.05) is 6.54 Å². The van der Waals surface area contributed by atoms with Crippen molar-refractivity contribution < 1.29 is 14.6 Å². The fraction of sp³-hybridized carbons (Fsp3) is 0.385. The van der Waals surface area contributed by atoms with E-state index in [9.17, 15) is 0 Å². The van der Waals surface area contributed by atoms with Crippen LogP contribution in [0.15, 0.2) is 36.7 Å². The topological polar surface area (TPSA) is 50.7 Å². The van der Waals surface area contributed by atoms with Crippen molar-refractivity contribution in [3.8, 4) is 5.75 Å². The summed E-state index contributed by atoms with van der Waals surface area (Å²) in [6.45, 7) is 4.74. The summed E-state index contributed by atoms with van der Waals surface area (Å²) in [5, 5.41) is 11.8. The largest absolute Gasteiger partial charge is 0.491 e. The first-order valence-corrected chi connectivity index (χ1v) is 5.56. The summed E-state index contributed by atoms with van der Waals surface area (Å²) < 4.78 is 10.4. The Morgan fingerprint density at radius 1 is 1.41 bits per heavy atom. The number of aliphatic hydroxyl groups excluding tert-OH is 1. The van der Waals surface area contributed by atoms with Crippen molar-refractivity contribution in [3.05, 3.63) is 42.3 Å². The van der Waals surface area contributed by atoms with Crippen LogP contribution in [0.25, 0.3) is 0 Å². The maximum absolute atomic E-state index is 8.73. The second kappa shape index (κ2) is 7.57. The van der Waals surface area contributed by atoms with Crippen molar-refractivity contribution in [2.75, 3.05) is 26.9 Å². The predicted molar refractivity (Wildman–Crippen MR) is 66.9 cm³/mol. The molecule has 0 amide bonds. The maximum Gasteiger partial charge on any atom is 0.178 e. The Labute approximate surface area is 102 Å². The van der Waals surface area contributed by atoms with Crippen LogP contribution in [0.1, 0.15) is 5.56 Å². The lowest BCUT2D eigenvalue weighted by Gasteiger charge is -2.12. The molecule has 4 nitrogen and oxygen atoms in total. The van der Waals surface area contributed by atoms with Crippen LogP contribution in [0.3, 0.4) is 0 Å². The normalized spacial score (nSPS) is 9.76. The van der Waals surface area contributed by atoms with E-state index < -0.39 is 0 Å². The molecular formula is C13H19NO3. The van der Waals surface area contributed by atoms with Crippen LogP contribution >= 0.6 is 0 Å². The van der Waals surface area contributed by atoms with Crippen LogP contribution in [0.2, 0.25) is 0 Å². The second-order valence-corrected chi connectivity index (χ2v) is 3.48. The van der Waals surface area contributed by atoms with Crippen LogP contribution < -0.4 is 10.1 Å². The third-order valence-electron chi connectivity index (χ3n) is 2.28. The summed E-state index contributed by atoms with van der Waals surface area (Å²) in [5.41, 5.74) is 1.09. The Bertz CT molecular complexity index is 352. The monoisotopic (exact) mass is 237 g/mol. The number of nitrogens with one attached hydrogen (secondary N) is 1. The number of aliphatic hydroxyl groups is 1. The van der Waals surface area contributed by atoms with Gasteiger partial charge >= 0.3 is 0 Å². The molecule has 94 valence electrons. The second-order valence-electron chi connectivity index (χ2n) is 3.48. The fourth-order valence-electron chi connectivity index (χ4n) is 1.42. The van der Waals surface area contributed by atoms with E-state index in [-0.39, 0.29) is 6.61 Å². The van der Waals surface area contributed by atoms with Crippen molar-refractivity contribution in [3.63, 3.8) is 0 Å². The van der Waals surface area contributed by atoms with Crippen LogP contribution in [0.4, 0.5) is 0 Å². The number of methoxy groups -OCH3 is 1. The summed E-state index contributed by atoms with van der Waals surface area (Å²) in [6, 6.07) is 7.78. The van der Waals surface area contributed by atoms with E-state index >= 15 is 0 Å². The number of hydrogen-bond donors (Lipinski definition) is 2. The highest BCUT2D eigenvalue weighted by atomic mass is 16.5. The molecule has 1 rings (SSSR count). The van der Waals surface area contributed by atoms with Crippen molar-refractivity contribution in [2.24, 2.45) is 0 Å². The molecule has 17 heavy (non-hydrogen) atoms. The minimum absolute atomic E-state index is 0.0209. The standard InChI is InChI=1S/C13H19NO3/c1-11(16-2)14-8-7-12-5-3-4-6-13(12)17-10-9-15/h3-6,14-15H,1,7-10H2,2H3. The Kier molecular flexibility index (Phi) is 5.96. The van der Waals surface area contributed by atoms with E-state index in [1.54, 1.807) is 7.11 Å². The van der Waals surface area contributed by atoms with Crippen molar-refractivity contribution in [1.82, 2.24) is 5.32 Å². The van der Waals surface area contributed by atoms with Gasteiger partial charge in [0.15, 0.2) is 5.88 Å². The van der Waals surface area contributed by atoms with Crippen molar-refractivity contribution >= 4 is 0 Å². The molecule has 0 radical (unpaired) electrons. The highest BCUT2D eigenvalue weighted by Gasteiger charge is 2.02. The van der Waals surface area contributed by atoms with Crippen LogP contribution in [-0.4, -0.2) is 32.0 Å². The first-order valence-electron chi connectivity index (χ1n) is 5.56. The van der Waals surface area contributed by atoms with Gasteiger partial charge in [0.25, 0.3) is 0 Å². The number of rotatable bonds is 8. The zero-order valence-corrected chi connectivity index (χ0v) is 10.1. The van der Waals surface area contributed by atoms with Crippen molar-refractivity contribution in [2.45, 2.75) is 6.42 Å². The summed E-state index contributed by atoms with van der Waals surface area (Å²) in [6.07, 6.45) is 0.810. The van der Waals surface area contributed by atoms with Crippen LogP contribution in [0, 0.1) is 0 Å². The molecular weight excluding hydrogens is 218 g/mol. The molecule has 0 saturated heterocycles. The van der Waals surface area contributed by atoms with Gasteiger partial charge in [-0.05, 0) is 24.6 Å². The molecule has 2 N–H and O–H groups in total. The Hall–Kier alpha value is -1.68. The van der Waals surface area contributed by atoms with Gasteiger partial charge in [0.05, 0.1) is 13.7 Å². The zero-order valence-electron chi connectivity index (χ0n) is 10.1. The van der Waals surface area contributed by atoms with E-state index in [4.69, 9.17) is 14.6 Å². The highest BCUT2D eigenvalue weighted by Crippen LogP contribution is 2.18. The van der Waals surface area contributed by atoms with E-state index in [1.165, 1.54) is 0 Å². The summed E-state index contributed by atoms with van der Waals surface area (Å²) in [4.78, 5) is 0. The van der Waals surface area contributed by atoms with Gasteiger partial charge < -0.3 is 19.9 Å². The minimum atomic E-state index is 0.0209. The molecule has 1 aromatic rings. The molecule has 0 aliphatic carbocycles. The van der Waals surface area contributed by atoms with Gasteiger partial charge in [0.1, 0.15) is 12.4 Å². The lowest BCUT2D eigenvalue weighted by Crippen LogP contribution is -2.17.